The maximum absolute atomic E-state index is 9.37. The van der Waals surface area contributed by atoms with Crippen molar-refractivity contribution < 1.29 is 5.11 Å². The molecule has 20 heavy (non-hydrogen) atoms. The van der Waals surface area contributed by atoms with Crippen molar-refractivity contribution in [3.63, 3.8) is 0 Å². The molecule has 2 aromatic rings. The molecule has 0 heterocycles. The third-order valence-electron chi connectivity index (χ3n) is 3.38. The van der Waals surface area contributed by atoms with Crippen molar-refractivity contribution in [2.75, 3.05) is 11.9 Å². The van der Waals surface area contributed by atoms with Gasteiger partial charge >= 0.3 is 0 Å². The number of phenolic OH excluding ortho intramolecular Hbond substituents is 1. The topological polar surface area (TPSA) is 23.5 Å². The third kappa shape index (κ3) is 3.38. The van der Waals surface area contributed by atoms with Crippen molar-refractivity contribution in [3.05, 3.63) is 58.1 Å². The summed E-state index contributed by atoms with van der Waals surface area (Å²) < 4.78 is 0. The van der Waals surface area contributed by atoms with Crippen LogP contribution >= 0.6 is 23.2 Å². The lowest BCUT2D eigenvalue weighted by molar-refractivity contribution is 0.475. The van der Waals surface area contributed by atoms with Crippen molar-refractivity contribution in [3.8, 4) is 5.75 Å². The Balaban J connectivity index is 2.33. The Kier molecular flexibility index (Phi) is 4.79. The average molecular weight is 310 g/mol. The molecule has 0 aromatic heterocycles. The maximum atomic E-state index is 9.37. The summed E-state index contributed by atoms with van der Waals surface area (Å²) in [5.41, 5.74) is 2.12. The van der Waals surface area contributed by atoms with Gasteiger partial charge in [-0.3, -0.25) is 0 Å². The van der Waals surface area contributed by atoms with Crippen molar-refractivity contribution in [2.45, 2.75) is 19.4 Å². The van der Waals surface area contributed by atoms with Gasteiger partial charge in [0.05, 0.1) is 6.04 Å². The molecular formula is C16H17Cl2NO. The number of aromatic hydroxyl groups is 1. The number of hydrogen-bond donors (Lipinski definition) is 1. The monoisotopic (exact) mass is 309 g/mol. The molecule has 0 aliphatic carbocycles. The summed E-state index contributed by atoms with van der Waals surface area (Å²) in [6, 6.07) is 13.0. The minimum absolute atomic E-state index is 0.177. The zero-order valence-corrected chi connectivity index (χ0v) is 13.0. The fourth-order valence-electron chi connectivity index (χ4n) is 2.37. The van der Waals surface area contributed by atoms with Gasteiger partial charge in [0.2, 0.25) is 0 Å². The van der Waals surface area contributed by atoms with E-state index in [9.17, 15) is 5.11 Å². The Hall–Kier alpha value is -1.38. The zero-order valence-electron chi connectivity index (χ0n) is 11.5. The van der Waals surface area contributed by atoms with Crippen molar-refractivity contribution in [1.82, 2.24) is 0 Å². The Morgan fingerprint density at radius 3 is 2.10 bits per heavy atom. The smallest absolute Gasteiger partial charge is 0.115 e. The van der Waals surface area contributed by atoms with Gasteiger partial charge in [0.25, 0.3) is 0 Å². The number of anilines is 1. The van der Waals surface area contributed by atoms with Crippen LogP contribution in [0, 0.1) is 0 Å². The highest BCUT2D eigenvalue weighted by atomic mass is 35.5. The van der Waals surface area contributed by atoms with Crippen LogP contribution in [0.25, 0.3) is 0 Å². The molecule has 0 aliphatic heterocycles. The number of hydrogen-bond acceptors (Lipinski definition) is 2. The molecule has 0 aliphatic rings. The second-order valence-electron chi connectivity index (χ2n) is 4.75. The van der Waals surface area contributed by atoms with E-state index < -0.39 is 0 Å². The Bertz CT molecular complexity index is 563. The molecule has 1 atom stereocenters. The van der Waals surface area contributed by atoms with Crippen LogP contribution in [0.4, 0.5) is 5.69 Å². The molecule has 106 valence electrons. The first-order chi connectivity index (χ1) is 9.51. The Labute approximate surface area is 129 Å². The lowest BCUT2D eigenvalue weighted by Crippen LogP contribution is -2.23. The van der Waals surface area contributed by atoms with Crippen LogP contribution in [-0.2, 0) is 0 Å². The van der Waals surface area contributed by atoms with Crippen LogP contribution < -0.4 is 4.90 Å². The molecule has 2 nitrogen and oxygen atoms in total. The summed E-state index contributed by atoms with van der Waals surface area (Å²) in [5.74, 6) is 0.265. The number of nitrogens with zero attached hydrogens (tertiary/aromatic N) is 1. The highest BCUT2D eigenvalue weighted by molar-refractivity contribution is 6.34. The van der Waals surface area contributed by atoms with E-state index in [0.29, 0.717) is 10.0 Å². The summed E-state index contributed by atoms with van der Waals surface area (Å²) in [7, 11) is 2.02. The fraction of sp³-hybridized carbons (Fsp3) is 0.250. The van der Waals surface area contributed by atoms with Gasteiger partial charge in [-0.1, -0.05) is 30.1 Å². The highest BCUT2D eigenvalue weighted by Gasteiger charge is 2.16. The number of benzene rings is 2. The van der Waals surface area contributed by atoms with Crippen molar-refractivity contribution in [1.29, 1.82) is 0 Å². The molecule has 1 N–H and O–H groups in total. The van der Waals surface area contributed by atoms with Crippen LogP contribution in [0.1, 0.15) is 24.9 Å². The lowest BCUT2D eigenvalue weighted by atomic mass is 10.0. The summed E-state index contributed by atoms with van der Waals surface area (Å²) in [6.45, 7) is 2.12. The molecular weight excluding hydrogens is 293 g/mol. The van der Waals surface area contributed by atoms with Crippen molar-refractivity contribution in [2.24, 2.45) is 0 Å². The van der Waals surface area contributed by atoms with Crippen LogP contribution in [0.15, 0.2) is 42.5 Å². The molecule has 1 unspecified atom stereocenters. The van der Waals surface area contributed by atoms with E-state index >= 15 is 0 Å². The van der Waals surface area contributed by atoms with Gasteiger partial charge in [0.15, 0.2) is 0 Å². The van der Waals surface area contributed by atoms with Gasteiger partial charge in [-0.15, -0.1) is 0 Å². The molecule has 0 saturated carbocycles. The van der Waals surface area contributed by atoms with Crippen LogP contribution in [-0.4, -0.2) is 12.2 Å². The first-order valence-corrected chi connectivity index (χ1v) is 7.24. The van der Waals surface area contributed by atoms with Gasteiger partial charge < -0.3 is 10.0 Å². The van der Waals surface area contributed by atoms with E-state index in [-0.39, 0.29) is 11.8 Å². The van der Waals surface area contributed by atoms with E-state index in [1.54, 1.807) is 18.2 Å². The minimum atomic E-state index is 0.177. The molecule has 0 bridgehead atoms. The Morgan fingerprint density at radius 2 is 1.60 bits per heavy atom. The third-order valence-corrected chi connectivity index (χ3v) is 3.82. The molecule has 2 aromatic carbocycles. The second kappa shape index (κ2) is 6.38. The molecule has 2 rings (SSSR count). The molecule has 0 saturated heterocycles. The van der Waals surface area contributed by atoms with E-state index in [0.717, 1.165) is 17.7 Å². The minimum Gasteiger partial charge on any atom is -0.508 e. The first kappa shape index (κ1) is 15.0. The normalized spacial score (nSPS) is 12.2. The number of rotatable bonds is 4. The van der Waals surface area contributed by atoms with Crippen LogP contribution in [0.3, 0.4) is 0 Å². The SMILES string of the molecule is CCC(c1cc(Cl)cc(Cl)c1)N(C)c1ccc(O)cc1. The van der Waals surface area contributed by atoms with Gasteiger partial charge in [-0.25, -0.2) is 0 Å². The highest BCUT2D eigenvalue weighted by Crippen LogP contribution is 2.32. The van der Waals surface area contributed by atoms with Gasteiger partial charge in [-0.2, -0.15) is 0 Å². The van der Waals surface area contributed by atoms with Gasteiger partial charge in [0, 0.05) is 22.8 Å². The maximum Gasteiger partial charge on any atom is 0.115 e. The molecule has 0 amide bonds. The number of halogens is 2. The standard InChI is InChI=1S/C16H17Cl2NO/c1-3-16(11-8-12(17)10-13(18)9-11)19(2)14-4-6-15(20)7-5-14/h4-10,16,20H,3H2,1-2H3. The molecule has 0 radical (unpaired) electrons. The zero-order chi connectivity index (χ0) is 14.7. The quantitative estimate of drug-likeness (QED) is 0.829. The van der Waals surface area contributed by atoms with E-state index in [2.05, 4.69) is 11.8 Å². The lowest BCUT2D eigenvalue weighted by Gasteiger charge is -2.30. The van der Waals surface area contributed by atoms with Crippen LogP contribution in [0.2, 0.25) is 10.0 Å². The average Bonchev–Trinajstić information content (AvgIpc) is 2.39. The fourth-order valence-corrected chi connectivity index (χ4v) is 2.91. The predicted molar refractivity (Wildman–Crippen MR) is 86.0 cm³/mol. The molecule has 0 spiro atoms. The summed E-state index contributed by atoms with van der Waals surface area (Å²) in [4.78, 5) is 2.15. The second-order valence-corrected chi connectivity index (χ2v) is 5.63. The number of phenols is 1. The van der Waals surface area contributed by atoms with Gasteiger partial charge in [0.1, 0.15) is 5.75 Å². The van der Waals surface area contributed by atoms with E-state index in [4.69, 9.17) is 23.2 Å². The summed E-state index contributed by atoms with van der Waals surface area (Å²) in [5, 5.41) is 10.7. The molecule has 0 fully saturated rings. The first-order valence-electron chi connectivity index (χ1n) is 6.49. The van der Waals surface area contributed by atoms with Crippen LogP contribution in [0.5, 0.6) is 5.75 Å². The van der Waals surface area contributed by atoms with E-state index in [1.807, 2.05) is 31.3 Å². The Morgan fingerprint density at radius 1 is 1.05 bits per heavy atom. The largest absolute Gasteiger partial charge is 0.508 e. The van der Waals surface area contributed by atoms with Gasteiger partial charge in [-0.05, 0) is 54.4 Å². The van der Waals surface area contributed by atoms with Crippen molar-refractivity contribution >= 4 is 28.9 Å². The molecule has 4 heteroatoms. The predicted octanol–water partition coefficient (Wildman–Crippen LogP) is 5.29. The summed E-state index contributed by atoms with van der Waals surface area (Å²) >= 11 is 12.2. The summed E-state index contributed by atoms with van der Waals surface area (Å²) in [6.07, 6.45) is 0.925. The van der Waals surface area contributed by atoms with E-state index in [1.165, 1.54) is 0 Å².